The fraction of sp³-hybridized carbons (Fsp3) is 0.350. The molecule has 2 aromatic rings. The minimum Gasteiger partial charge on any atom is -0.325 e. The first-order valence-corrected chi connectivity index (χ1v) is 11.8. The molecule has 0 aromatic heterocycles. The molecular weight excluding hydrogens is 380 g/mol. The van der Waals surface area contributed by atoms with Crippen molar-refractivity contribution in [3.63, 3.8) is 0 Å². The molecule has 3 rings (SSSR count). The van der Waals surface area contributed by atoms with Gasteiger partial charge in [0.1, 0.15) is 0 Å². The maximum atomic E-state index is 12.3. The van der Waals surface area contributed by atoms with Gasteiger partial charge in [0.15, 0.2) is 0 Å². The molecule has 0 fully saturated rings. The molecule has 0 atom stereocenters. The number of nitrogens with one attached hydrogen (secondary N) is 1. The van der Waals surface area contributed by atoms with Crippen LogP contribution in [-0.2, 0) is 27.0 Å². The SMILES string of the molecule is CCS(=O)(=O)N1CCCc2cc(NC(=O)CSCc3ccccc3)ccc21. The average molecular weight is 405 g/mol. The van der Waals surface area contributed by atoms with Crippen LogP contribution in [0, 0.1) is 0 Å². The highest BCUT2D eigenvalue weighted by molar-refractivity contribution is 7.99. The highest BCUT2D eigenvalue weighted by Gasteiger charge is 2.26. The fourth-order valence-corrected chi connectivity index (χ4v) is 5.10. The highest BCUT2D eigenvalue weighted by atomic mass is 32.2. The number of anilines is 2. The minimum atomic E-state index is -3.27. The summed E-state index contributed by atoms with van der Waals surface area (Å²) in [7, 11) is -3.27. The molecular formula is C20H24N2O3S2. The van der Waals surface area contributed by atoms with Crippen molar-refractivity contribution in [2.45, 2.75) is 25.5 Å². The topological polar surface area (TPSA) is 66.5 Å². The van der Waals surface area contributed by atoms with Gasteiger partial charge >= 0.3 is 0 Å². The molecule has 0 bridgehead atoms. The number of hydrogen-bond acceptors (Lipinski definition) is 4. The maximum Gasteiger partial charge on any atom is 0.234 e. The molecule has 0 aliphatic carbocycles. The van der Waals surface area contributed by atoms with Crippen LogP contribution < -0.4 is 9.62 Å². The van der Waals surface area contributed by atoms with Gasteiger partial charge in [-0.1, -0.05) is 30.3 Å². The summed E-state index contributed by atoms with van der Waals surface area (Å²) in [5.41, 5.74) is 3.61. The molecule has 0 spiro atoms. The molecule has 0 radical (unpaired) electrons. The molecule has 0 unspecified atom stereocenters. The van der Waals surface area contributed by atoms with Gasteiger partial charge in [0.05, 0.1) is 17.2 Å². The van der Waals surface area contributed by atoms with E-state index in [-0.39, 0.29) is 11.7 Å². The molecule has 5 nitrogen and oxygen atoms in total. The van der Waals surface area contributed by atoms with Crippen LogP contribution >= 0.6 is 11.8 Å². The smallest absolute Gasteiger partial charge is 0.234 e. The number of fused-ring (bicyclic) bond motifs is 1. The van der Waals surface area contributed by atoms with Gasteiger partial charge < -0.3 is 5.32 Å². The normalized spacial score (nSPS) is 13.9. The monoisotopic (exact) mass is 404 g/mol. The van der Waals surface area contributed by atoms with Gasteiger partial charge in [-0.05, 0) is 49.1 Å². The lowest BCUT2D eigenvalue weighted by molar-refractivity contribution is -0.113. The zero-order chi connectivity index (χ0) is 19.3. The van der Waals surface area contributed by atoms with Crippen LogP contribution in [0.1, 0.15) is 24.5 Å². The van der Waals surface area contributed by atoms with E-state index in [1.807, 2.05) is 36.4 Å². The van der Waals surface area contributed by atoms with Crippen LogP contribution in [0.4, 0.5) is 11.4 Å². The van der Waals surface area contributed by atoms with E-state index in [9.17, 15) is 13.2 Å². The predicted octanol–water partition coefficient (Wildman–Crippen LogP) is 3.66. The predicted molar refractivity (Wildman–Crippen MR) is 113 cm³/mol. The van der Waals surface area contributed by atoms with Crippen molar-refractivity contribution in [2.24, 2.45) is 0 Å². The average Bonchev–Trinajstić information content (AvgIpc) is 2.68. The Morgan fingerprint density at radius 3 is 2.70 bits per heavy atom. The summed E-state index contributed by atoms with van der Waals surface area (Å²) in [6.07, 6.45) is 1.61. The molecule has 1 N–H and O–H groups in total. The second kappa shape index (κ2) is 8.80. The Hall–Kier alpha value is -1.99. The Labute approximate surface area is 165 Å². The second-order valence-electron chi connectivity index (χ2n) is 6.45. The van der Waals surface area contributed by atoms with E-state index in [0.29, 0.717) is 12.3 Å². The molecule has 7 heteroatoms. The van der Waals surface area contributed by atoms with Crippen molar-refractivity contribution in [2.75, 3.05) is 27.7 Å². The van der Waals surface area contributed by atoms with Gasteiger partial charge in [0, 0.05) is 18.0 Å². The second-order valence-corrected chi connectivity index (χ2v) is 9.61. The number of aryl methyl sites for hydroxylation is 1. The summed E-state index contributed by atoms with van der Waals surface area (Å²) < 4.78 is 26.0. The number of nitrogens with zero attached hydrogens (tertiary/aromatic N) is 1. The van der Waals surface area contributed by atoms with E-state index in [0.717, 1.165) is 35.5 Å². The molecule has 0 saturated heterocycles. The zero-order valence-electron chi connectivity index (χ0n) is 15.3. The lowest BCUT2D eigenvalue weighted by atomic mass is 10.0. The lowest BCUT2D eigenvalue weighted by Gasteiger charge is -2.30. The lowest BCUT2D eigenvalue weighted by Crippen LogP contribution is -2.36. The van der Waals surface area contributed by atoms with Crippen molar-refractivity contribution >= 4 is 39.1 Å². The fourth-order valence-electron chi connectivity index (χ4n) is 3.12. The number of thioether (sulfide) groups is 1. The quantitative estimate of drug-likeness (QED) is 0.765. The third-order valence-electron chi connectivity index (χ3n) is 4.48. The van der Waals surface area contributed by atoms with Crippen molar-refractivity contribution in [3.05, 3.63) is 59.7 Å². The molecule has 1 aliphatic rings. The Kier molecular flexibility index (Phi) is 6.44. The molecule has 1 heterocycles. The van der Waals surface area contributed by atoms with Gasteiger partial charge in [-0.25, -0.2) is 8.42 Å². The maximum absolute atomic E-state index is 12.3. The first kappa shape index (κ1) is 19.8. The van der Waals surface area contributed by atoms with Crippen LogP contribution in [0.2, 0.25) is 0 Å². The van der Waals surface area contributed by atoms with Gasteiger partial charge in [0.2, 0.25) is 15.9 Å². The van der Waals surface area contributed by atoms with Crippen LogP contribution in [0.3, 0.4) is 0 Å². The Morgan fingerprint density at radius 2 is 1.96 bits per heavy atom. The van der Waals surface area contributed by atoms with Crippen molar-refractivity contribution in [3.8, 4) is 0 Å². The summed E-state index contributed by atoms with van der Waals surface area (Å²) in [6, 6.07) is 15.5. The van der Waals surface area contributed by atoms with Gasteiger partial charge in [-0.15, -0.1) is 11.8 Å². The third kappa shape index (κ3) is 5.05. The highest BCUT2D eigenvalue weighted by Crippen LogP contribution is 2.31. The molecule has 1 aliphatic heterocycles. The number of rotatable bonds is 7. The first-order valence-electron chi connectivity index (χ1n) is 9.04. The Balaban J connectivity index is 1.61. The summed E-state index contributed by atoms with van der Waals surface area (Å²) in [6.45, 7) is 2.18. The molecule has 27 heavy (non-hydrogen) atoms. The van der Waals surface area contributed by atoms with E-state index in [1.165, 1.54) is 9.87 Å². The van der Waals surface area contributed by atoms with Crippen molar-refractivity contribution in [1.29, 1.82) is 0 Å². The summed E-state index contributed by atoms with van der Waals surface area (Å²) in [4.78, 5) is 12.2. The van der Waals surface area contributed by atoms with Crippen LogP contribution in [0.5, 0.6) is 0 Å². The number of sulfonamides is 1. The molecule has 1 amide bonds. The van der Waals surface area contributed by atoms with Gasteiger partial charge in [-0.3, -0.25) is 9.10 Å². The minimum absolute atomic E-state index is 0.0512. The largest absolute Gasteiger partial charge is 0.325 e. The van der Waals surface area contributed by atoms with E-state index in [4.69, 9.17) is 0 Å². The van der Waals surface area contributed by atoms with E-state index in [2.05, 4.69) is 5.32 Å². The number of carbonyl (C=O) groups is 1. The number of amides is 1. The van der Waals surface area contributed by atoms with Gasteiger partial charge in [-0.2, -0.15) is 0 Å². The van der Waals surface area contributed by atoms with Crippen LogP contribution in [0.25, 0.3) is 0 Å². The molecule has 2 aromatic carbocycles. The molecule has 144 valence electrons. The summed E-state index contributed by atoms with van der Waals surface area (Å²) in [5, 5.41) is 2.92. The Morgan fingerprint density at radius 1 is 1.19 bits per heavy atom. The van der Waals surface area contributed by atoms with Crippen molar-refractivity contribution in [1.82, 2.24) is 0 Å². The van der Waals surface area contributed by atoms with Crippen LogP contribution in [-0.4, -0.2) is 32.4 Å². The number of hydrogen-bond donors (Lipinski definition) is 1. The Bertz CT molecular complexity index is 899. The van der Waals surface area contributed by atoms with E-state index < -0.39 is 10.0 Å². The van der Waals surface area contributed by atoms with Gasteiger partial charge in [0.25, 0.3) is 0 Å². The summed E-state index contributed by atoms with van der Waals surface area (Å²) in [5.74, 6) is 1.21. The summed E-state index contributed by atoms with van der Waals surface area (Å²) >= 11 is 1.57. The molecule has 0 saturated carbocycles. The first-order chi connectivity index (χ1) is 13.0. The standard InChI is InChI=1S/C20H24N2O3S2/c1-2-27(24,25)22-12-6-9-17-13-18(10-11-19(17)22)21-20(23)15-26-14-16-7-4-3-5-8-16/h3-5,7-8,10-11,13H,2,6,9,12,14-15H2,1H3,(H,21,23). The van der Waals surface area contributed by atoms with Crippen LogP contribution in [0.15, 0.2) is 48.5 Å². The van der Waals surface area contributed by atoms with E-state index in [1.54, 1.807) is 30.8 Å². The third-order valence-corrected chi connectivity index (χ3v) is 7.27. The number of carbonyl (C=O) groups excluding carboxylic acids is 1. The van der Waals surface area contributed by atoms with E-state index >= 15 is 0 Å². The number of benzene rings is 2. The van der Waals surface area contributed by atoms with Crippen molar-refractivity contribution < 1.29 is 13.2 Å². The zero-order valence-corrected chi connectivity index (χ0v) is 17.0.